The molecule has 1 aromatic carbocycles. The van der Waals surface area contributed by atoms with E-state index in [4.69, 9.17) is 14.2 Å². The van der Waals surface area contributed by atoms with Gasteiger partial charge in [0.25, 0.3) is 0 Å². The molecule has 1 fully saturated rings. The van der Waals surface area contributed by atoms with Gasteiger partial charge in [0.2, 0.25) is 0 Å². The Labute approximate surface area is 153 Å². The number of epoxide rings is 1. The average molecular weight is 371 g/mol. The highest BCUT2D eigenvalue weighted by atomic mass is 19.1. The van der Waals surface area contributed by atoms with Crippen LogP contribution in [0.25, 0.3) is 0 Å². The molecule has 2 rings (SSSR count). The summed E-state index contributed by atoms with van der Waals surface area (Å²) in [5, 5.41) is 2.68. The predicted octanol–water partition coefficient (Wildman–Crippen LogP) is 3.94. The number of nitrogens with one attached hydrogen (secondary N) is 1. The van der Waals surface area contributed by atoms with Gasteiger partial charge in [0.1, 0.15) is 29.1 Å². The number of benzene rings is 1. The van der Waals surface area contributed by atoms with Gasteiger partial charge in [-0.3, -0.25) is 5.32 Å². The van der Waals surface area contributed by atoms with Gasteiger partial charge in [-0.2, -0.15) is 0 Å². The number of carbonyl (C=O) groups is 1. The lowest BCUT2D eigenvalue weighted by atomic mass is 10.0. The van der Waals surface area contributed by atoms with E-state index in [1.807, 2.05) is 0 Å². The van der Waals surface area contributed by atoms with E-state index in [9.17, 15) is 13.6 Å². The lowest BCUT2D eigenvalue weighted by molar-refractivity contribution is -0.102. The smallest absolute Gasteiger partial charge is 0.409 e. The Morgan fingerprint density at radius 1 is 1.23 bits per heavy atom. The van der Waals surface area contributed by atoms with E-state index < -0.39 is 29.1 Å². The van der Waals surface area contributed by atoms with E-state index in [-0.39, 0.29) is 12.2 Å². The molecule has 1 aliphatic rings. The standard InChI is InChI=1S/C19H27F2NO4/c1-18(2,3)26-17(23)22-19(4,5)25-15(16-11-24-16)7-6-12-8-13(20)10-14(21)9-12/h8-10,15-16H,6-7,11H2,1-5H3,(H,22,23)/t15-,16-/m1/s1. The SMILES string of the molecule is CC(C)(C)OC(=O)NC(C)(C)O[C@H](CCc1cc(F)cc(F)c1)[C@H]1CO1. The second kappa shape index (κ2) is 7.88. The van der Waals surface area contributed by atoms with E-state index in [0.29, 0.717) is 25.0 Å². The molecule has 5 nitrogen and oxygen atoms in total. The molecule has 1 amide bonds. The summed E-state index contributed by atoms with van der Waals surface area (Å²) in [6.45, 7) is 9.32. The maximum Gasteiger partial charge on any atom is 0.409 e. The fourth-order valence-electron chi connectivity index (χ4n) is 2.61. The molecule has 146 valence electrons. The Kier molecular flexibility index (Phi) is 6.24. The first kappa shape index (κ1) is 20.6. The van der Waals surface area contributed by atoms with Crippen LogP contribution < -0.4 is 5.32 Å². The molecule has 26 heavy (non-hydrogen) atoms. The van der Waals surface area contributed by atoms with Gasteiger partial charge in [-0.05, 0) is 65.2 Å². The van der Waals surface area contributed by atoms with Crippen LogP contribution in [0, 0.1) is 11.6 Å². The van der Waals surface area contributed by atoms with E-state index >= 15 is 0 Å². The van der Waals surface area contributed by atoms with Crippen molar-refractivity contribution in [2.75, 3.05) is 6.61 Å². The van der Waals surface area contributed by atoms with Gasteiger partial charge in [0, 0.05) is 6.07 Å². The van der Waals surface area contributed by atoms with Crippen molar-refractivity contribution in [2.45, 2.75) is 71.0 Å². The summed E-state index contributed by atoms with van der Waals surface area (Å²) in [4.78, 5) is 12.0. The molecule has 0 aliphatic carbocycles. The van der Waals surface area contributed by atoms with Crippen LogP contribution in [0.3, 0.4) is 0 Å². The van der Waals surface area contributed by atoms with Gasteiger partial charge in [0.05, 0.1) is 12.7 Å². The second-order valence-electron chi connectivity index (χ2n) is 7.98. The van der Waals surface area contributed by atoms with Gasteiger partial charge >= 0.3 is 6.09 Å². The van der Waals surface area contributed by atoms with Crippen LogP contribution in [-0.2, 0) is 20.6 Å². The van der Waals surface area contributed by atoms with Gasteiger partial charge in [-0.25, -0.2) is 13.6 Å². The highest BCUT2D eigenvalue weighted by Gasteiger charge is 2.38. The normalized spacial score (nSPS) is 18.3. The third kappa shape index (κ3) is 7.25. The molecule has 1 aliphatic heterocycles. The summed E-state index contributed by atoms with van der Waals surface area (Å²) in [5.74, 6) is -1.21. The lowest BCUT2D eigenvalue weighted by Gasteiger charge is -2.32. The molecule has 0 aromatic heterocycles. The third-order valence-corrected chi connectivity index (χ3v) is 3.66. The maximum absolute atomic E-state index is 13.3. The van der Waals surface area contributed by atoms with E-state index in [0.717, 1.165) is 6.07 Å². The topological polar surface area (TPSA) is 60.1 Å². The third-order valence-electron chi connectivity index (χ3n) is 3.66. The van der Waals surface area contributed by atoms with E-state index in [2.05, 4.69) is 5.32 Å². The zero-order valence-electron chi connectivity index (χ0n) is 15.9. The van der Waals surface area contributed by atoms with E-state index in [1.165, 1.54) is 12.1 Å². The first-order chi connectivity index (χ1) is 11.9. The first-order valence-corrected chi connectivity index (χ1v) is 8.69. The van der Waals surface area contributed by atoms with Crippen molar-refractivity contribution in [1.29, 1.82) is 0 Å². The molecule has 0 radical (unpaired) electrons. The molecule has 1 aromatic rings. The van der Waals surface area contributed by atoms with Crippen LogP contribution >= 0.6 is 0 Å². The molecule has 2 atom stereocenters. The number of hydrogen-bond acceptors (Lipinski definition) is 4. The Hall–Kier alpha value is -1.73. The van der Waals surface area contributed by atoms with Crippen LogP contribution in [0.5, 0.6) is 0 Å². The quantitative estimate of drug-likeness (QED) is 0.583. The average Bonchev–Trinajstić information content (AvgIpc) is 3.23. The minimum Gasteiger partial charge on any atom is -0.444 e. The van der Waals surface area contributed by atoms with Crippen molar-refractivity contribution in [3.8, 4) is 0 Å². The summed E-state index contributed by atoms with van der Waals surface area (Å²) >= 11 is 0. The summed E-state index contributed by atoms with van der Waals surface area (Å²) in [6.07, 6.45) is -0.0427. The van der Waals surface area contributed by atoms with Crippen molar-refractivity contribution >= 4 is 6.09 Å². The first-order valence-electron chi connectivity index (χ1n) is 8.69. The van der Waals surface area contributed by atoms with Gasteiger partial charge < -0.3 is 14.2 Å². The number of hydrogen-bond donors (Lipinski definition) is 1. The van der Waals surface area contributed by atoms with Crippen molar-refractivity contribution < 1.29 is 27.8 Å². The van der Waals surface area contributed by atoms with E-state index in [1.54, 1.807) is 34.6 Å². The largest absolute Gasteiger partial charge is 0.444 e. The highest BCUT2D eigenvalue weighted by molar-refractivity contribution is 5.68. The molecule has 0 unspecified atom stereocenters. The van der Waals surface area contributed by atoms with Crippen LogP contribution in [0.1, 0.15) is 46.6 Å². The Morgan fingerprint density at radius 3 is 2.31 bits per heavy atom. The van der Waals surface area contributed by atoms with Crippen molar-refractivity contribution in [1.82, 2.24) is 5.32 Å². The summed E-state index contributed by atoms with van der Waals surface area (Å²) in [7, 11) is 0. The summed E-state index contributed by atoms with van der Waals surface area (Å²) < 4.78 is 43.2. The Bertz CT molecular complexity index is 619. The number of alkyl carbamates (subject to hydrolysis) is 1. The molecule has 0 saturated carbocycles. The molecule has 0 spiro atoms. The minimum atomic E-state index is -0.980. The summed E-state index contributed by atoms with van der Waals surface area (Å²) in [5.41, 5.74) is -1.04. The lowest BCUT2D eigenvalue weighted by Crippen LogP contribution is -2.50. The highest BCUT2D eigenvalue weighted by Crippen LogP contribution is 2.26. The maximum atomic E-state index is 13.3. The molecule has 1 heterocycles. The fourth-order valence-corrected chi connectivity index (χ4v) is 2.61. The Balaban J connectivity index is 1.93. The van der Waals surface area contributed by atoms with Crippen LogP contribution in [-0.4, -0.2) is 36.2 Å². The number of amides is 1. The summed E-state index contributed by atoms with van der Waals surface area (Å²) in [6, 6.07) is 3.45. The molecular formula is C19H27F2NO4. The number of halogens is 2. The molecule has 7 heteroatoms. The van der Waals surface area contributed by atoms with Crippen LogP contribution in [0.15, 0.2) is 18.2 Å². The van der Waals surface area contributed by atoms with Gasteiger partial charge in [0.15, 0.2) is 0 Å². The Morgan fingerprint density at radius 2 is 1.81 bits per heavy atom. The molecular weight excluding hydrogens is 344 g/mol. The number of carbonyl (C=O) groups excluding carboxylic acids is 1. The zero-order chi connectivity index (χ0) is 19.5. The van der Waals surface area contributed by atoms with Gasteiger partial charge in [-0.15, -0.1) is 0 Å². The fraction of sp³-hybridized carbons (Fsp3) is 0.632. The number of aryl methyl sites for hydroxylation is 1. The van der Waals surface area contributed by atoms with Crippen LogP contribution in [0.4, 0.5) is 13.6 Å². The van der Waals surface area contributed by atoms with Crippen molar-refractivity contribution in [3.05, 3.63) is 35.4 Å². The van der Waals surface area contributed by atoms with Crippen molar-refractivity contribution in [3.63, 3.8) is 0 Å². The van der Waals surface area contributed by atoms with Crippen molar-refractivity contribution in [2.24, 2.45) is 0 Å². The predicted molar refractivity (Wildman–Crippen MR) is 92.7 cm³/mol. The molecule has 0 bridgehead atoms. The molecule has 1 saturated heterocycles. The zero-order valence-corrected chi connectivity index (χ0v) is 15.9. The molecule has 1 N–H and O–H groups in total. The second-order valence-corrected chi connectivity index (χ2v) is 7.98. The number of rotatable bonds is 7. The van der Waals surface area contributed by atoms with Gasteiger partial charge in [-0.1, -0.05) is 0 Å². The number of ether oxygens (including phenoxy) is 3. The monoisotopic (exact) mass is 371 g/mol. The van der Waals surface area contributed by atoms with Crippen LogP contribution in [0.2, 0.25) is 0 Å². The minimum absolute atomic E-state index is 0.0897.